The van der Waals surface area contributed by atoms with Crippen molar-refractivity contribution in [3.05, 3.63) is 108 Å². The standard InChI is InChI=1S/C8H10.2C6H6.6CHNO/c1-7-4-3-5-8(2)6-7;2*1-2-4-6-5-3-1;6*2-1-3/h3-6H,1-2H3;2*1-6H;6*3H. The number of rotatable bonds is 0. The second-order valence-electron chi connectivity index (χ2n) is 5.07. The average molecular weight is 521 g/mol. The number of nitrogens with zero attached hydrogens (tertiary/aromatic N) is 6. The minimum Gasteiger partial charge on any atom is -0.443 e. The number of hydrogen-bond acceptors (Lipinski definition) is 12. The molecule has 3 rings (SSSR count). The Kier molecular flexibility index (Phi) is 67.9. The first-order chi connectivity index (χ1) is 18.3. The SMILES string of the molecule is Cc1cccc(C)c1.N#CO.N#CO.N#CO.N#CO.N#CO.N#CO.c1ccccc1.c1ccccc1. The number of hydrogen-bond donors (Lipinski definition) is 6. The van der Waals surface area contributed by atoms with Crippen molar-refractivity contribution in [2.75, 3.05) is 0 Å². The topological polar surface area (TPSA) is 264 Å². The van der Waals surface area contributed by atoms with Crippen LogP contribution in [0.5, 0.6) is 0 Å². The van der Waals surface area contributed by atoms with Crippen LogP contribution >= 0.6 is 0 Å². The Morgan fingerprint density at radius 1 is 0.368 bits per heavy atom. The summed E-state index contributed by atoms with van der Waals surface area (Å²) in [6.45, 7) is 4.21. The van der Waals surface area contributed by atoms with Crippen molar-refractivity contribution in [3.63, 3.8) is 0 Å². The third-order valence-corrected chi connectivity index (χ3v) is 2.51. The van der Waals surface area contributed by atoms with E-state index in [-0.39, 0.29) is 0 Å². The molecule has 38 heavy (non-hydrogen) atoms. The first-order valence-corrected chi connectivity index (χ1v) is 9.50. The van der Waals surface area contributed by atoms with Gasteiger partial charge < -0.3 is 30.6 Å². The molecule has 6 N–H and O–H groups in total. The maximum absolute atomic E-state index is 6.88. The lowest BCUT2D eigenvalue weighted by Gasteiger charge is -1.90. The molecule has 12 heteroatoms. The number of benzene rings is 3. The predicted molar refractivity (Wildman–Crippen MR) is 134 cm³/mol. The number of nitriles is 6. The van der Waals surface area contributed by atoms with Crippen molar-refractivity contribution in [1.82, 2.24) is 0 Å². The van der Waals surface area contributed by atoms with E-state index in [1.807, 2.05) is 72.8 Å². The molecule has 0 atom stereocenters. The zero-order chi connectivity index (χ0) is 30.7. The van der Waals surface area contributed by atoms with Crippen LogP contribution in [-0.2, 0) is 0 Å². The van der Waals surface area contributed by atoms with Crippen molar-refractivity contribution in [3.8, 4) is 37.5 Å². The largest absolute Gasteiger partial charge is 0.443 e. The normalized spacial score (nSPS) is 5.58. The minimum atomic E-state index is 0.750. The lowest BCUT2D eigenvalue weighted by Crippen LogP contribution is -1.71. The van der Waals surface area contributed by atoms with Crippen LogP contribution in [0.1, 0.15) is 11.1 Å². The van der Waals surface area contributed by atoms with Crippen molar-refractivity contribution >= 4 is 0 Å². The van der Waals surface area contributed by atoms with Crippen LogP contribution in [-0.4, -0.2) is 30.6 Å². The Morgan fingerprint density at radius 2 is 0.500 bits per heavy atom. The molecule has 0 aliphatic carbocycles. The van der Waals surface area contributed by atoms with Crippen molar-refractivity contribution in [2.45, 2.75) is 13.8 Å². The minimum absolute atomic E-state index is 0.750. The van der Waals surface area contributed by atoms with Gasteiger partial charge in [-0.3, -0.25) is 0 Å². The molecule has 0 heterocycles. The molecule has 3 aromatic carbocycles. The van der Waals surface area contributed by atoms with Crippen molar-refractivity contribution in [2.24, 2.45) is 0 Å². The van der Waals surface area contributed by atoms with Crippen LogP contribution in [0.4, 0.5) is 0 Å². The monoisotopic (exact) mass is 520 g/mol. The summed E-state index contributed by atoms with van der Waals surface area (Å²) in [5.41, 5.74) is 2.68. The molecule has 0 spiro atoms. The van der Waals surface area contributed by atoms with E-state index in [4.69, 9.17) is 62.2 Å². The predicted octanol–water partition coefficient (Wildman–Crippen LogP) is 4.72. The maximum atomic E-state index is 6.88. The van der Waals surface area contributed by atoms with Gasteiger partial charge in [-0.15, -0.1) is 0 Å². The van der Waals surface area contributed by atoms with Crippen LogP contribution in [0.3, 0.4) is 0 Å². The lowest BCUT2D eigenvalue weighted by molar-refractivity contribution is 0.502. The molecule has 0 saturated heterocycles. The Morgan fingerprint density at radius 3 is 0.579 bits per heavy atom. The van der Waals surface area contributed by atoms with Crippen LogP contribution < -0.4 is 0 Å². The van der Waals surface area contributed by atoms with Gasteiger partial charge in [0.15, 0.2) is 0 Å². The molecule has 0 fully saturated rings. The molecule has 12 nitrogen and oxygen atoms in total. The summed E-state index contributed by atoms with van der Waals surface area (Å²) in [5.74, 6) is 0. The lowest BCUT2D eigenvalue weighted by atomic mass is 10.2. The first-order valence-electron chi connectivity index (χ1n) is 9.50. The zero-order valence-electron chi connectivity index (χ0n) is 20.6. The number of aryl methyl sites for hydroxylation is 2. The van der Waals surface area contributed by atoms with Gasteiger partial charge in [-0.05, 0) is 13.8 Å². The summed E-state index contributed by atoms with van der Waals surface area (Å²) >= 11 is 0. The molecule has 0 unspecified atom stereocenters. The van der Waals surface area contributed by atoms with Crippen LogP contribution in [0.15, 0.2) is 97.1 Å². The smallest absolute Gasteiger partial charge is 0.283 e. The van der Waals surface area contributed by atoms with E-state index in [1.54, 1.807) is 0 Å². The third-order valence-electron chi connectivity index (χ3n) is 2.51. The van der Waals surface area contributed by atoms with Crippen molar-refractivity contribution < 1.29 is 30.6 Å². The third kappa shape index (κ3) is 100.0. The van der Waals surface area contributed by atoms with Crippen LogP contribution in [0.2, 0.25) is 0 Å². The van der Waals surface area contributed by atoms with Gasteiger partial charge in [-0.25, -0.2) is 0 Å². The summed E-state index contributed by atoms with van der Waals surface area (Å²) < 4.78 is 0. The van der Waals surface area contributed by atoms with Gasteiger partial charge in [0.25, 0.3) is 37.5 Å². The highest BCUT2D eigenvalue weighted by Gasteiger charge is 1.80. The summed E-state index contributed by atoms with van der Waals surface area (Å²) in [6.07, 6.45) is 4.50. The van der Waals surface area contributed by atoms with E-state index in [9.17, 15) is 0 Å². The molecule has 0 aromatic heterocycles. The Labute approximate surface area is 222 Å². The van der Waals surface area contributed by atoms with Gasteiger partial charge in [-0.2, -0.15) is 31.6 Å². The first kappa shape index (κ1) is 45.0. The summed E-state index contributed by atoms with van der Waals surface area (Å²) in [4.78, 5) is 0. The van der Waals surface area contributed by atoms with Gasteiger partial charge in [0.1, 0.15) is 0 Å². The molecule has 0 saturated carbocycles. The summed E-state index contributed by atoms with van der Waals surface area (Å²) in [5, 5.41) is 82.5. The van der Waals surface area contributed by atoms with E-state index in [0.29, 0.717) is 0 Å². The van der Waals surface area contributed by atoms with E-state index in [2.05, 4.69) is 38.1 Å². The highest BCUT2D eigenvalue weighted by molar-refractivity contribution is 5.20. The quantitative estimate of drug-likeness (QED) is 0.220. The van der Waals surface area contributed by atoms with E-state index >= 15 is 0 Å². The zero-order valence-corrected chi connectivity index (χ0v) is 20.6. The van der Waals surface area contributed by atoms with E-state index in [0.717, 1.165) is 37.5 Å². The summed E-state index contributed by atoms with van der Waals surface area (Å²) in [6, 6.07) is 32.4. The Balaban J connectivity index is -0.0000000788. The molecule has 0 bridgehead atoms. The highest BCUT2D eigenvalue weighted by Crippen LogP contribution is 2.00. The molecule has 0 amide bonds. The molecular weight excluding hydrogens is 492 g/mol. The van der Waals surface area contributed by atoms with Crippen molar-refractivity contribution in [1.29, 1.82) is 31.6 Å². The average Bonchev–Trinajstić information content (AvgIpc) is 2.90. The fourth-order valence-corrected chi connectivity index (χ4v) is 1.58. The molecular formula is C26H28N6O6. The Bertz CT molecular complexity index is 881. The van der Waals surface area contributed by atoms with Gasteiger partial charge in [0.2, 0.25) is 0 Å². The fourth-order valence-electron chi connectivity index (χ4n) is 1.58. The molecule has 0 aliphatic rings. The Hall–Kier alpha value is -6.60. The maximum Gasteiger partial charge on any atom is 0.283 e. The van der Waals surface area contributed by atoms with Crippen LogP contribution in [0, 0.1) is 83.0 Å². The summed E-state index contributed by atoms with van der Waals surface area (Å²) in [7, 11) is 0. The molecule has 0 radical (unpaired) electrons. The molecule has 198 valence electrons. The van der Waals surface area contributed by atoms with Gasteiger partial charge in [0, 0.05) is 0 Å². The molecule has 0 aliphatic heterocycles. The van der Waals surface area contributed by atoms with E-state index in [1.165, 1.54) is 11.1 Å². The number of aliphatic hydroxyl groups is 6. The van der Waals surface area contributed by atoms with Crippen LogP contribution in [0.25, 0.3) is 0 Å². The van der Waals surface area contributed by atoms with Gasteiger partial charge in [0.05, 0.1) is 0 Å². The van der Waals surface area contributed by atoms with Gasteiger partial charge in [-0.1, -0.05) is 108 Å². The molecule has 3 aromatic rings. The highest BCUT2D eigenvalue weighted by atomic mass is 16.3. The second kappa shape index (κ2) is 57.4. The second-order valence-corrected chi connectivity index (χ2v) is 5.07. The van der Waals surface area contributed by atoms with E-state index < -0.39 is 0 Å². The number of aliphatic hydroxyl groups excluding tert-OH is 6. The van der Waals surface area contributed by atoms with Gasteiger partial charge >= 0.3 is 0 Å². The fraction of sp³-hybridized carbons (Fsp3) is 0.0769.